The summed E-state index contributed by atoms with van der Waals surface area (Å²) in [6.07, 6.45) is 2.91. The molecule has 7 heteroatoms. The molecule has 0 aromatic carbocycles. The summed E-state index contributed by atoms with van der Waals surface area (Å²) in [4.78, 5) is 11.6. The molecular formula is C14H24BrN3O3. The third-order valence-corrected chi connectivity index (χ3v) is 3.30. The Balaban J connectivity index is 2.27. The minimum absolute atomic E-state index is 0.268. The van der Waals surface area contributed by atoms with E-state index in [1.165, 1.54) is 0 Å². The number of ether oxygens (including phenoxy) is 2. The lowest BCUT2D eigenvalue weighted by Crippen LogP contribution is -2.27. The highest BCUT2D eigenvalue weighted by Gasteiger charge is 2.25. The average Bonchev–Trinajstić information content (AvgIpc) is 2.85. The second kappa shape index (κ2) is 8.48. The van der Waals surface area contributed by atoms with Crippen molar-refractivity contribution in [3.63, 3.8) is 0 Å². The van der Waals surface area contributed by atoms with Crippen LogP contribution in [0.5, 0.6) is 0 Å². The molecular weight excluding hydrogens is 338 g/mol. The number of aromatic nitrogens is 3. The third-order valence-electron chi connectivity index (χ3n) is 2.97. The van der Waals surface area contributed by atoms with Crippen LogP contribution in [-0.4, -0.2) is 38.5 Å². The van der Waals surface area contributed by atoms with E-state index in [1.807, 2.05) is 6.20 Å². The highest BCUT2D eigenvalue weighted by Crippen LogP contribution is 2.17. The Morgan fingerprint density at radius 3 is 2.86 bits per heavy atom. The first kappa shape index (κ1) is 18.1. The molecule has 1 rings (SSSR count). The molecule has 0 saturated carbocycles. The van der Waals surface area contributed by atoms with Gasteiger partial charge < -0.3 is 9.47 Å². The van der Waals surface area contributed by atoms with E-state index < -0.39 is 4.32 Å². The molecule has 0 saturated heterocycles. The number of alkyl halides is 1. The van der Waals surface area contributed by atoms with Crippen LogP contribution in [0.25, 0.3) is 0 Å². The number of hydrogen-bond donors (Lipinski definition) is 0. The van der Waals surface area contributed by atoms with Gasteiger partial charge in [-0.25, -0.2) is 4.68 Å². The van der Waals surface area contributed by atoms with Crippen molar-refractivity contribution in [2.24, 2.45) is 5.92 Å². The van der Waals surface area contributed by atoms with Gasteiger partial charge in [-0.15, -0.1) is 5.10 Å². The minimum Gasteiger partial charge on any atom is -0.463 e. The van der Waals surface area contributed by atoms with Crippen molar-refractivity contribution in [3.05, 3.63) is 11.9 Å². The SMILES string of the molecule is CCC(C)COCc1cn(CCOC(=O)C(C)(C)Br)nn1. The van der Waals surface area contributed by atoms with E-state index >= 15 is 0 Å². The van der Waals surface area contributed by atoms with Crippen molar-refractivity contribution in [2.75, 3.05) is 13.2 Å². The second-order valence-corrected chi connectivity index (χ2v) is 7.59. The van der Waals surface area contributed by atoms with Gasteiger partial charge in [-0.2, -0.15) is 0 Å². The van der Waals surface area contributed by atoms with Crippen LogP contribution in [0.15, 0.2) is 6.20 Å². The zero-order chi connectivity index (χ0) is 15.9. The van der Waals surface area contributed by atoms with Crippen LogP contribution in [0.1, 0.15) is 39.8 Å². The van der Waals surface area contributed by atoms with E-state index in [2.05, 4.69) is 40.1 Å². The van der Waals surface area contributed by atoms with Crippen molar-refractivity contribution in [1.82, 2.24) is 15.0 Å². The maximum absolute atomic E-state index is 11.6. The quantitative estimate of drug-likeness (QED) is 0.499. The van der Waals surface area contributed by atoms with Crippen LogP contribution in [0, 0.1) is 5.92 Å². The fourth-order valence-electron chi connectivity index (χ4n) is 1.40. The highest BCUT2D eigenvalue weighted by atomic mass is 79.9. The summed E-state index contributed by atoms with van der Waals surface area (Å²) >= 11 is 3.25. The molecule has 0 spiro atoms. The lowest BCUT2D eigenvalue weighted by Gasteiger charge is -2.14. The molecule has 0 aliphatic rings. The minimum atomic E-state index is -0.662. The molecule has 0 aliphatic heterocycles. The first-order valence-corrected chi connectivity index (χ1v) is 7.95. The first-order chi connectivity index (χ1) is 9.82. The first-order valence-electron chi connectivity index (χ1n) is 7.15. The van der Waals surface area contributed by atoms with Gasteiger partial charge in [-0.1, -0.05) is 41.4 Å². The van der Waals surface area contributed by atoms with Crippen LogP contribution < -0.4 is 0 Å². The van der Waals surface area contributed by atoms with Gasteiger partial charge in [-0.3, -0.25) is 4.79 Å². The summed E-state index contributed by atoms with van der Waals surface area (Å²) in [5.41, 5.74) is 0.783. The van der Waals surface area contributed by atoms with E-state index in [0.29, 0.717) is 19.1 Å². The summed E-state index contributed by atoms with van der Waals surface area (Å²) in [5.74, 6) is 0.256. The standard InChI is InChI=1S/C14H24BrN3O3/c1-5-11(2)9-20-10-12-8-18(17-16-12)6-7-21-13(19)14(3,4)15/h8,11H,5-7,9-10H2,1-4H3. The van der Waals surface area contributed by atoms with Crippen molar-refractivity contribution >= 4 is 21.9 Å². The van der Waals surface area contributed by atoms with E-state index in [9.17, 15) is 4.79 Å². The summed E-state index contributed by atoms with van der Waals surface area (Å²) in [6, 6.07) is 0. The molecule has 6 nitrogen and oxygen atoms in total. The molecule has 0 amide bonds. The Morgan fingerprint density at radius 2 is 2.24 bits per heavy atom. The van der Waals surface area contributed by atoms with Crippen LogP contribution >= 0.6 is 15.9 Å². The fourth-order valence-corrected chi connectivity index (χ4v) is 1.51. The van der Waals surface area contributed by atoms with Crippen LogP contribution in [-0.2, 0) is 27.4 Å². The lowest BCUT2D eigenvalue weighted by molar-refractivity contribution is -0.145. The molecule has 0 N–H and O–H groups in total. The zero-order valence-electron chi connectivity index (χ0n) is 13.1. The largest absolute Gasteiger partial charge is 0.463 e. The summed E-state index contributed by atoms with van der Waals surface area (Å²) in [7, 11) is 0. The van der Waals surface area contributed by atoms with Crippen molar-refractivity contribution in [1.29, 1.82) is 0 Å². The molecule has 1 heterocycles. The molecule has 1 aromatic rings. The fraction of sp³-hybridized carbons (Fsp3) is 0.786. The van der Waals surface area contributed by atoms with Gasteiger partial charge in [0.2, 0.25) is 0 Å². The monoisotopic (exact) mass is 361 g/mol. The van der Waals surface area contributed by atoms with Crippen molar-refractivity contribution in [2.45, 2.75) is 51.6 Å². The van der Waals surface area contributed by atoms with Gasteiger partial charge in [0.05, 0.1) is 19.3 Å². The number of esters is 1. The average molecular weight is 362 g/mol. The smallest absolute Gasteiger partial charge is 0.322 e. The predicted molar refractivity (Wildman–Crippen MR) is 83.1 cm³/mol. The number of rotatable bonds is 9. The zero-order valence-corrected chi connectivity index (χ0v) is 14.7. The Bertz CT molecular complexity index is 443. The Labute approximate surface area is 134 Å². The summed E-state index contributed by atoms with van der Waals surface area (Å²) in [6.45, 7) is 9.71. The van der Waals surface area contributed by atoms with Crippen molar-refractivity contribution in [3.8, 4) is 0 Å². The van der Waals surface area contributed by atoms with Crippen LogP contribution in [0.4, 0.5) is 0 Å². The predicted octanol–water partition coefficient (Wildman–Crippen LogP) is 2.56. The molecule has 0 radical (unpaired) electrons. The van der Waals surface area contributed by atoms with E-state index in [1.54, 1.807) is 18.5 Å². The number of carbonyl (C=O) groups excluding carboxylic acids is 1. The van der Waals surface area contributed by atoms with Gasteiger partial charge in [-0.05, 0) is 19.8 Å². The van der Waals surface area contributed by atoms with Gasteiger partial charge in [0.25, 0.3) is 0 Å². The molecule has 21 heavy (non-hydrogen) atoms. The van der Waals surface area contributed by atoms with Gasteiger partial charge in [0.1, 0.15) is 16.6 Å². The van der Waals surface area contributed by atoms with E-state index in [0.717, 1.165) is 18.7 Å². The number of carbonyl (C=O) groups is 1. The molecule has 0 aliphatic carbocycles. The number of nitrogens with zero attached hydrogens (tertiary/aromatic N) is 3. The molecule has 1 unspecified atom stereocenters. The molecule has 1 aromatic heterocycles. The number of halogens is 1. The summed E-state index contributed by atoms with van der Waals surface area (Å²) in [5, 5.41) is 8.00. The topological polar surface area (TPSA) is 66.2 Å². The molecule has 0 fully saturated rings. The second-order valence-electron chi connectivity index (χ2n) is 5.61. The molecule has 1 atom stereocenters. The van der Waals surface area contributed by atoms with Gasteiger partial charge in [0, 0.05) is 6.61 Å². The highest BCUT2D eigenvalue weighted by molar-refractivity contribution is 9.10. The van der Waals surface area contributed by atoms with Gasteiger partial charge >= 0.3 is 5.97 Å². The summed E-state index contributed by atoms with van der Waals surface area (Å²) < 4.78 is 11.7. The van der Waals surface area contributed by atoms with Crippen LogP contribution in [0.2, 0.25) is 0 Å². The van der Waals surface area contributed by atoms with Crippen molar-refractivity contribution < 1.29 is 14.3 Å². The van der Waals surface area contributed by atoms with Crippen LogP contribution in [0.3, 0.4) is 0 Å². The Kier molecular flexibility index (Phi) is 7.31. The maximum atomic E-state index is 11.6. The van der Waals surface area contributed by atoms with E-state index in [4.69, 9.17) is 9.47 Å². The molecule has 0 bridgehead atoms. The van der Waals surface area contributed by atoms with Gasteiger partial charge in [0.15, 0.2) is 0 Å². The van der Waals surface area contributed by atoms with E-state index in [-0.39, 0.29) is 12.6 Å². The number of hydrogen-bond acceptors (Lipinski definition) is 5. The molecule has 120 valence electrons. The Hall–Kier alpha value is -0.950. The maximum Gasteiger partial charge on any atom is 0.322 e. The third kappa shape index (κ3) is 7.04. The lowest BCUT2D eigenvalue weighted by atomic mass is 10.1. The Morgan fingerprint density at radius 1 is 1.52 bits per heavy atom. The normalized spacial score (nSPS) is 13.2.